The van der Waals surface area contributed by atoms with Gasteiger partial charge in [0.05, 0.1) is 18.4 Å². The molecule has 2 aromatic rings. The summed E-state index contributed by atoms with van der Waals surface area (Å²) in [6, 6.07) is 14.1. The Labute approximate surface area is 248 Å². The summed E-state index contributed by atoms with van der Waals surface area (Å²) >= 11 is 0. The summed E-state index contributed by atoms with van der Waals surface area (Å²) in [4.78, 5) is 17.6. The van der Waals surface area contributed by atoms with Crippen molar-refractivity contribution in [2.75, 3.05) is 27.2 Å². The van der Waals surface area contributed by atoms with Crippen LogP contribution in [0, 0.1) is 5.92 Å². The molecule has 226 valence electrons. The van der Waals surface area contributed by atoms with Gasteiger partial charge < -0.3 is 9.64 Å². The van der Waals surface area contributed by atoms with Crippen LogP contribution < -0.4 is 0 Å². The van der Waals surface area contributed by atoms with Crippen molar-refractivity contribution < 1.29 is 9.53 Å². The highest BCUT2D eigenvalue weighted by atomic mass is 16.5. The number of carbonyl (C=O) groups is 1. The quantitative estimate of drug-likeness (QED) is 0.205. The standard InChI is InChI=1S/C16H27N.C10H11NO2.C6H12.C4H10/c1-5-14(2)11-12-17(4)13-15(3)16-9-7-6-8-10-16;1-7(2)9-6-8(4-5-11-9)10(12)13-3;1-4-6(3)5-2;1-3-4-2/h6-10,14-15H,5,11-13H2,1-4H3;4-6H,1H2,2-3H3;4H,5H2,1-3H3;3-4H2,1-2H3/b;;6-4+;. The third kappa shape index (κ3) is 20.2. The molecule has 0 saturated carbocycles. The van der Waals surface area contributed by atoms with Crippen LogP contribution in [0.25, 0.3) is 5.57 Å². The molecule has 4 nitrogen and oxygen atoms in total. The zero-order chi connectivity index (χ0) is 30.9. The second-order valence-electron chi connectivity index (χ2n) is 10.6. The normalized spacial score (nSPS) is 11.9. The predicted molar refractivity (Wildman–Crippen MR) is 177 cm³/mol. The number of hydrogen-bond acceptors (Lipinski definition) is 4. The summed E-state index contributed by atoms with van der Waals surface area (Å²) in [5.41, 5.74) is 4.95. The molecule has 0 aliphatic rings. The van der Waals surface area contributed by atoms with E-state index in [0.717, 1.165) is 18.0 Å². The molecule has 2 atom stereocenters. The van der Waals surface area contributed by atoms with Crippen LogP contribution in [0.3, 0.4) is 0 Å². The fourth-order valence-corrected chi connectivity index (χ4v) is 3.20. The Kier molecular flexibility index (Phi) is 24.9. The van der Waals surface area contributed by atoms with Crippen molar-refractivity contribution in [3.05, 3.63) is 83.7 Å². The van der Waals surface area contributed by atoms with Gasteiger partial charge in [-0.15, -0.1) is 0 Å². The van der Waals surface area contributed by atoms with Gasteiger partial charge in [-0.1, -0.05) is 109 Å². The average Bonchev–Trinajstić information content (AvgIpc) is 3.00. The van der Waals surface area contributed by atoms with Crippen LogP contribution in [0.5, 0.6) is 0 Å². The number of rotatable bonds is 11. The second-order valence-corrected chi connectivity index (χ2v) is 10.6. The molecule has 0 amide bonds. The highest BCUT2D eigenvalue weighted by Gasteiger charge is 2.09. The van der Waals surface area contributed by atoms with Crippen molar-refractivity contribution in [2.45, 2.75) is 100 Å². The van der Waals surface area contributed by atoms with Crippen LogP contribution in [-0.2, 0) is 4.74 Å². The van der Waals surface area contributed by atoms with E-state index in [1.165, 1.54) is 56.9 Å². The molecule has 0 N–H and O–H groups in total. The first-order valence-electron chi connectivity index (χ1n) is 15.1. The third-order valence-electron chi connectivity index (χ3n) is 6.82. The maximum Gasteiger partial charge on any atom is 0.337 e. The summed E-state index contributed by atoms with van der Waals surface area (Å²) in [7, 11) is 3.59. The lowest BCUT2D eigenvalue weighted by Crippen LogP contribution is -2.25. The zero-order valence-corrected chi connectivity index (χ0v) is 27.7. The molecule has 1 aromatic heterocycles. The zero-order valence-electron chi connectivity index (χ0n) is 27.7. The van der Waals surface area contributed by atoms with E-state index in [4.69, 9.17) is 0 Å². The maximum absolute atomic E-state index is 11.1. The van der Waals surface area contributed by atoms with Crippen molar-refractivity contribution in [3.8, 4) is 0 Å². The van der Waals surface area contributed by atoms with Crippen molar-refractivity contribution in [2.24, 2.45) is 5.92 Å². The lowest BCUT2D eigenvalue weighted by atomic mass is 10.00. The number of ether oxygens (including phenoxy) is 1. The molecular formula is C36H60N2O2. The minimum absolute atomic E-state index is 0.357. The van der Waals surface area contributed by atoms with Crippen LogP contribution in [0.2, 0.25) is 0 Å². The van der Waals surface area contributed by atoms with Gasteiger partial charge in [-0.3, -0.25) is 4.98 Å². The Morgan fingerprint density at radius 2 is 1.65 bits per heavy atom. The summed E-state index contributed by atoms with van der Waals surface area (Å²) in [6.45, 7) is 25.6. The molecule has 1 aromatic carbocycles. The molecular weight excluding hydrogens is 492 g/mol. The lowest BCUT2D eigenvalue weighted by molar-refractivity contribution is 0.0600. The summed E-state index contributed by atoms with van der Waals surface area (Å²) in [5.74, 6) is 1.12. The van der Waals surface area contributed by atoms with Gasteiger partial charge in [-0.2, -0.15) is 0 Å². The van der Waals surface area contributed by atoms with Gasteiger partial charge in [-0.25, -0.2) is 4.79 Å². The Morgan fingerprint density at radius 3 is 2.08 bits per heavy atom. The van der Waals surface area contributed by atoms with Crippen LogP contribution >= 0.6 is 0 Å². The van der Waals surface area contributed by atoms with Gasteiger partial charge >= 0.3 is 5.97 Å². The van der Waals surface area contributed by atoms with Crippen molar-refractivity contribution in [1.29, 1.82) is 0 Å². The highest BCUT2D eigenvalue weighted by molar-refractivity contribution is 5.89. The van der Waals surface area contributed by atoms with Crippen molar-refractivity contribution in [1.82, 2.24) is 9.88 Å². The maximum atomic E-state index is 11.1. The van der Waals surface area contributed by atoms with Gasteiger partial charge in [0.1, 0.15) is 0 Å². The number of nitrogens with zero attached hydrogens (tertiary/aromatic N) is 2. The van der Waals surface area contributed by atoms with Crippen LogP contribution in [0.4, 0.5) is 0 Å². The molecule has 40 heavy (non-hydrogen) atoms. The van der Waals surface area contributed by atoms with Gasteiger partial charge in [-0.05, 0) is 82.3 Å². The molecule has 0 saturated heterocycles. The van der Waals surface area contributed by atoms with Gasteiger partial charge in [0.25, 0.3) is 0 Å². The van der Waals surface area contributed by atoms with E-state index in [0.29, 0.717) is 17.2 Å². The molecule has 0 fully saturated rings. The summed E-state index contributed by atoms with van der Waals surface area (Å²) in [5, 5.41) is 0. The Bertz CT molecular complexity index is 935. The number of methoxy groups -OCH3 is 1. The topological polar surface area (TPSA) is 42.4 Å². The van der Waals surface area contributed by atoms with E-state index in [-0.39, 0.29) is 5.97 Å². The number of aromatic nitrogens is 1. The monoisotopic (exact) mass is 552 g/mol. The van der Waals surface area contributed by atoms with Gasteiger partial charge in [0.15, 0.2) is 0 Å². The Hall–Kier alpha value is -2.72. The lowest BCUT2D eigenvalue weighted by Gasteiger charge is -2.22. The second kappa shape index (κ2) is 25.3. The van der Waals surface area contributed by atoms with Gasteiger partial charge in [0, 0.05) is 12.7 Å². The van der Waals surface area contributed by atoms with E-state index in [9.17, 15) is 4.79 Å². The summed E-state index contributed by atoms with van der Waals surface area (Å²) < 4.78 is 4.57. The first kappa shape index (κ1) is 39.4. The number of hydrogen-bond donors (Lipinski definition) is 0. The molecule has 2 rings (SSSR count). The first-order chi connectivity index (χ1) is 19.0. The number of esters is 1. The smallest absolute Gasteiger partial charge is 0.337 e. The molecule has 0 aliphatic carbocycles. The number of likely N-dealkylation sites (N-methyl/N-ethyl adjacent to an activating group) is 1. The Morgan fingerprint density at radius 1 is 1.05 bits per heavy atom. The number of unbranched alkanes of at least 4 members (excludes halogenated alkanes) is 1. The first-order valence-corrected chi connectivity index (χ1v) is 15.1. The van der Waals surface area contributed by atoms with E-state index in [1.807, 2.05) is 6.92 Å². The fourth-order valence-electron chi connectivity index (χ4n) is 3.20. The molecule has 0 radical (unpaired) electrons. The Balaban J connectivity index is 0. The SMILES string of the molecule is C/C=C(\C)CC.C=C(C)c1cc(C(=O)OC)ccn1.CCC(C)CCN(C)CC(C)c1ccccc1.CCCC. The molecule has 0 aliphatic heterocycles. The minimum Gasteiger partial charge on any atom is -0.465 e. The van der Waals surface area contributed by atoms with E-state index in [1.54, 1.807) is 18.3 Å². The fraction of sp³-hybridized carbons (Fsp3) is 0.556. The van der Waals surface area contributed by atoms with E-state index < -0.39 is 0 Å². The van der Waals surface area contributed by atoms with E-state index in [2.05, 4.69) is 120 Å². The average molecular weight is 553 g/mol. The molecule has 2 unspecified atom stereocenters. The van der Waals surface area contributed by atoms with Crippen molar-refractivity contribution >= 4 is 11.5 Å². The molecule has 1 heterocycles. The molecule has 0 spiro atoms. The van der Waals surface area contributed by atoms with Crippen LogP contribution in [-0.4, -0.2) is 43.1 Å². The third-order valence-corrected chi connectivity index (χ3v) is 6.82. The van der Waals surface area contributed by atoms with E-state index >= 15 is 0 Å². The van der Waals surface area contributed by atoms with Crippen LogP contribution in [0.15, 0.2) is 66.9 Å². The number of carbonyl (C=O) groups excluding carboxylic acids is 1. The van der Waals surface area contributed by atoms with Crippen molar-refractivity contribution in [3.63, 3.8) is 0 Å². The number of allylic oxidation sites excluding steroid dienone is 3. The molecule has 0 bridgehead atoms. The largest absolute Gasteiger partial charge is 0.465 e. The minimum atomic E-state index is -0.357. The number of benzene rings is 1. The van der Waals surface area contributed by atoms with Gasteiger partial charge in [0.2, 0.25) is 0 Å². The molecule has 4 heteroatoms. The predicted octanol–water partition coefficient (Wildman–Crippen LogP) is 10.2. The number of pyridine rings is 1. The summed E-state index contributed by atoms with van der Waals surface area (Å²) in [6.07, 6.45) is 10.1. The highest BCUT2D eigenvalue weighted by Crippen LogP contribution is 2.16. The van der Waals surface area contributed by atoms with Crippen LogP contribution in [0.1, 0.15) is 122 Å².